The molecule has 1 aromatic rings. The largest absolute Gasteiger partial charge is 0.416 e. The summed E-state index contributed by atoms with van der Waals surface area (Å²) in [5, 5.41) is 0.258. The van der Waals surface area contributed by atoms with Gasteiger partial charge in [0.15, 0.2) is 0 Å². The zero-order valence-electron chi connectivity index (χ0n) is 12.6. The van der Waals surface area contributed by atoms with Crippen LogP contribution in [0.4, 0.5) is 13.2 Å². The molecule has 0 saturated carbocycles. The molecule has 0 amide bonds. The van der Waals surface area contributed by atoms with Crippen LogP contribution in [0.15, 0.2) is 24.3 Å². The summed E-state index contributed by atoms with van der Waals surface area (Å²) < 4.78 is 49.8. The molecule has 0 aliphatic carbocycles. The van der Waals surface area contributed by atoms with Crippen LogP contribution in [0.2, 0.25) is 0 Å². The van der Waals surface area contributed by atoms with E-state index in [1.807, 2.05) is 0 Å². The highest BCUT2D eigenvalue weighted by Crippen LogP contribution is 2.37. The van der Waals surface area contributed by atoms with Crippen LogP contribution in [0, 0.1) is 5.92 Å². The topological polar surface area (TPSA) is 34.1 Å². The summed E-state index contributed by atoms with van der Waals surface area (Å²) in [6.07, 6.45) is 0.0781. The SMILES string of the molecule is O=C(Cc1ccc(C(F)(F)F)cc1)C1CC2CCCC(C1)S2=O. The van der Waals surface area contributed by atoms with Crippen molar-refractivity contribution in [3.05, 3.63) is 35.4 Å². The van der Waals surface area contributed by atoms with Gasteiger partial charge in [0.2, 0.25) is 0 Å². The fourth-order valence-corrected chi connectivity index (χ4v) is 5.84. The molecule has 0 spiro atoms. The number of ketones is 1. The third-order valence-corrected chi connectivity index (χ3v) is 7.09. The van der Waals surface area contributed by atoms with Crippen LogP contribution in [-0.2, 0) is 28.2 Å². The highest BCUT2D eigenvalue weighted by molar-refractivity contribution is 7.86. The Morgan fingerprint density at radius 1 is 1.09 bits per heavy atom. The van der Waals surface area contributed by atoms with Crippen LogP contribution in [-0.4, -0.2) is 20.5 Å². The predicted octanol–water partition coefficient (Wildman–Crippen LogP) is 3.90. The molecule has 2 unspecified atom stereocenters. The summed E-state index contributed by atoms with van der Waals surface area (Å²) in [7, 11) is -0.810. The zero-order chi connectivity index (χ0) is 16.6. The molecule has 2 saturated heterocycles. The summed E-state index contributed by atoms with van der Waals surface area (Å²) >= 11 is 0. The normalized spacial score (nSPS) is 30.9. The van der Waals surface area contributed by atoms with Gasteiger partial charge in [-0.25, -0.2) is 0 Å². The van der Waals surface area contributed by atoms with Crippen molar-refractivity contribution in [3.8, 4) is 0 Å². The van der Waals surface area contributed by atoms with Gasteiger partial charge in [0.05, 0.1) is 5.56 Å². The van der Waals surface area contributed by atoms with Crippen molar-refractivity contribution in [1.29, 1.82) is 0 Å². The first-order chi connectivity index (χ1) is 10.8. The quantitative estimate of drug-likeness (QED) is 0.833. The Balaban J connectivity index is 1.64. The van der Waals surface area contributed by atoms with Crippen molar-refractivity contribution in [1.82, 2.24) is 0 Å². The first-order valence-corrected chi connectivity index (χ1v) is 9.20. The summed E-state index contributed by atoms with van der Waals surface area (Å²) in [4.78, 5) is 12.5. The van der Waals surface area contributed by atoms with Crippen molar-refractivity contribution >= 4 is 16.6 Å². The maximum atomic E-state index is 12.5. The molecule has 2 aliphatic heterocycles. The number of carbonyl (C=O) groups is 1. The van der Waals surface area contributed by atoms with Gasteiger partial charge in [0.25, 0.3) is 0 Å². The lowest BCUT2D eigenvalue weighted by molar-refractivity contribution is -0.137. The van der Waals surface area contributed by atoms with E-state index in [9.17, 15) is 22.2 Å². The standard InChI is InChI=1S/C17H19F3O2S/c18-17(19,20)13-6-4-11(5-7-13)8-16(21)12-9-14-2-1-3-15(10-12)23(14)22/h4-7,12,14-15H,1-3,8-10H2. The van der Waals surface area contributed by atoms with Crippen molar-refractivity contribution in [2.45, 2.75) is 55.2 Å². The Labute approximate surface area is 135 Å². The van der Waals surface area contributed by atoms with E-state index in [0.29, 0.717) is 18.4 Å². The van der Waals surface area contributed by atoms with Crippen LogP contribution >= 0.6 is 0 Å². The predicted molar refractivity (Wildman–Crippen MR) is 82.4 cm³/mol. The van der Waals surface area contributed by atoms with Crippen LogP contribution in [0.3, 0.4) is 0 Å². The van der Waals surface area contributed by atoms with Crippen molar-refractivity contribution < 1.29 is 22.2 Å². The Kier molecular flexibility index (Phi) is 4.63. The number of fused-ring (bicyclic) bond motifs is 2. The first-order valence-electron chi connectivity index (χ1n) is 7.93. The van der Waals surface area contributed by atoms with Gasteiger partial charge < -0.3 is 0 Å². The number of halogens is 3. The molecule has 0 radical (unpaired) electrons. The number of hydrogen-bond acceptors (Lipinski definition) is 2. The van der Waals surface area contributed by atoms with E-state index >= 15 is 0 Å². The first kappa shape index (κ1) is 16.7. The molecule has 0 aromatic heterocycles. The summed E-state index contributed by atoms with van der Waals surface area (Å²) in [6, 6.07) is 4.80. The van der Waals surface area contributed by atoms with E-state index in [1.54, 1.807) is 0 Å². The Bertz CT molecular complexity index is 593. The second-order valence-electron chi connectivity index (χ2n) is 6.51. The summed E-state index contributed by atoms with van der Waals surface area (Å²) in [6.45, 7) is 0. The monoisotopic (exact) mass is 344 g/mol. The lowest BCUT2D eigenvalue weighted by Gasteiger charge is -2.37. The van der Waals surface area contributed by atoms with Gasteiger partial charge in [-0.15, -0.1) is 0 Å². The second kappa shape index (κ2) is 6.38. The average Bonchev–Trinajstić information content (AvgIpc) is 2.46. The van der Waals surface area contributed by atoms with E-state index in [2.05, 4.69) is 0 Å². The van der Waals surface area contributed by atoms with Gasteiger partial charge in [0.1, 0.15) is 5.78 Å². The minimum atomic E-state index is -4.35. The summed E-state index contributed by atoms with van der Waals surface area (Å²) in [5.74, 6) is -0.0244. The zero-order valence-corrected chi connectivity index (χ0v) is 13.5. The smallest absolute Gasteiger partial charge is 0.299 e. The minimum absolute atomic E-state index is 0.0679. The maximum absolute atomic E-state index is 12.5. The van der Waals surface area contributed by atoms with Crippen molar-refractivity contribution in [2.75, 3.05) is 0 Å². The Morgan fingerprint density at radius 3 is 2.17 bits per heavy atom. The van der Waals surface area contributed by atoms with E-state index in [1.165, 1.54) is 12.1 Å². The number of Topliss-reactive ketones (excluding diaryl/α,β-unsaturated/α-hetero) is 1. The van der Waals surface area contributed by atoms with Crippen LogP contribution in [0.5, 0.6) is 0 Å². The van der Waals surface area contributed by atoms with Crippen LogP contribution < -0.4 is 0 Å². The molecule has 2 aliphatic rings. The van der Waals surface area contributed by atoms with Gasteiger partial charge in [-0.1, -0.05) is 18.6 Å². The van der Waals surface area contributed by atoms with E-state index in [0.717, 1.165) is 31.4 Å². The third-order valence-electron chi connectivity index (χ3n) is 4.92. The Hall–Kier alpha value is -1.17. The molecule has 0 N–H and O–H groups in total. The molecule has 2 heterocycles. The molecule has 6 heteroatoms. The molecule has 2 fully saturated rings. The molecular formula is C17H19F3O2S. The molecule has 126 valence electrons. The molecule has 2 bridgehead atoms. The van der Waals surface area contributed by atoms with Crippen molar-refractivity contribution in [2.24, 2.45) is 5.92 Å². The molecular weight excluding hydrogens is 325 g/mol. The number of rotatable bonds is 3. The summed E-state index contributed by atoms with van der Waals surface area (Å²) in [5.41, 5.74) is -0.0869. The highest BCUT2D eigenvalue weighted by Gasteiger charge is 2.40. The fourth-order valence-electron chi connectivity index (χ4n) is 3.65. The van der Waals surface area contributed by atoms with Gasteiger partial charge in [-0.2, -0.15) is 13.2 Å². The van der Waals surface area contributed by atoms with Crippen LogP contribution in [0.25, 0.3) is 0 Å². The van der Waals surface area contributed by atoms with Gasteiger partial charge in [0, 0.05) is 33.6 Å². The molecule has 2 atom stereocenters. The molecule has 23 heavy (non-hydrogen) atoms. The van der Waals surface area contributed by atoms with E-state index in [4.69, 9.17) is 0 Å². The number of hydrogen-bond donors (Lipinski definition) is 0. The third kappa shape index (κ3) is 3.67. The van der Waals surface area contributed by atoms with E-state index in [-0.39, 0.29) is 28.6 Å². The fraction of sp³-hybridized carbons (Fsp3) is 0.588. The maximum Gasteiger partial charge on any atom is 0.416 e. The average molecular weight is 344 g/mol. The minimum Gasteiger partial charge on any atom is -0.299 e. The second-order valence-corrected chi connectivity index (χ2v) is 8.50. The molecule has 2 nitrogen and oxygen atoms in total. The number of carbonyl (C=O) groups excluding carboxylic acids is 1. The lowest BCUT2D eigenvalue weighted by Crippen LogP contribution is -2.41. The highest BCUT2D eigenvalue weighted by atomic mass is 32.2. The van der Waals surface area contributed by atoms with E-state index < -0.39 is 22.5 Å². The van der Waals surface area contributed by atoms with Gasteiger partial charge in [-0.05, 0) is 43.4 Å². The van der Waals surface area contributed by atoms with Crippen LogP contribution in [0.1, 0.15) is 43.2 Å². The molecule has 1 aromatic carbocycles. The Morgan fingerprint density at radius 2 is 1.65 bits per heavy atom. The van der Waals surface area contributed by atoms with Gasteiger partial charge in [-0.3, -0.25) is 9.00 Å². The number of alkyl halides is 3. The lowest BCUT2D eigenvalue weighted by atomic mass is 9.85. The van der Waals surface area contributed by atoms with Gasteiger partial charge >= 0.3 is 6.18 Å². The number of benzene rings is 1. The molecule has 3 rings (SSSR count). The van der Waals surface area contributed by atoms with Crippen molar-refractivity contribution in [3.63, 3.8) is 0 Å².